The lowest BCUT2D eigenvalue weighted by Crippen LogP contribution is -2.35. The van der Waals surface area contributed by atoms with E-state index in [1.807, 2.05) is 56.3 Å². The van der Waals surface area contributed by atoms with E-state index in [4.69, 9.17) is 0 Å². The van der Waals surface area contributed by atoms with E-state index in [0.29, 0.717) is 22.5 Å². The molecule has 0 aromatic heterocycles. The number of aliphatic hydroxyl groups is 1. The summed E-state index contributed by atoms with van der Waals surface area (Å²) in [5.41, 5.74) is 5.16. The van der Waals surface area contributed by atoms with E-state index in [1.54, 1.807) is 11.9 Å². The number of nitrogens with zero attached hydrogens (tertiary/aromatic N) is 3. The Morgan fingerprint density at radius 3 is 2.10 bits per heavy atom. The number of carbonyl (C=O) groups excluding carboxylic acids is 2. The van der Waals surface area contributed by atoms with Gasteiger partial charge in [0.15, 0.2) is 0 Å². The fourth-order valence-corrected chi connectivity index (χ4v) is 3.93. The van der Waals surface area contributed by atoms with E-state index < -0.39 is 0 Å². The summed E-state index contributed by atoms with van der Waals surface area (Å²) >= 11 is 0. The van der Waals surface area contributed by atoms with Crippen molar-refractivity contribution >= 4 is 28.8 Å². The Kier molecular flexibility index (Phi) is 6.81. The highest BCUT2D eigenvalue weighted by atomic mass is 16.3. The molecule has 1 aliphatic rings. The average molecular weight is 422 g/mol. The maximum absolute atomic E-state index is 13.5. The van der Waals surface area contributed by atoms with Crippen molar-refractivity contribution in [2.75, 3.05) is 43.1 Å². The van der Waals surface area contributed by atoms with Gasteiger partial charge < -0.3 is 14.9 Å². The molecule has 1 N–H and O–H groups in total. The van der Waals surface area contributed by atoms with Crippen molar-refractivity contribution in [2.24, 2.45) is 0 Å². The summed E-state index contributed by atoms with van der Waals surface area (Å²) in [6.45, 7) is 10.1. The first kappa shape index (κ1) is 22.6. The number of likely N-dealkylation sites (N-methyl/N-ethyl adjacent to an activating group) is 1. The van der Waals surface area contributed by atoms with Crippen LogP contribution in [0, 0.1) is 13.8 Å². The van der Waals surface area contributed by atoms with Gasteiger partial charge in [-0.25, -0.2) is 4.90 Å². The van der Waals surface area contributed by atoms with Crippen LogP contribution in [0.5, 0.6) is 0 Å². The lowest BCUT2D eigenvalue weighted by atomic mass is 9.99. The summed E-state index contributed by atoms with van der Waals surface area (Å²) in [7, 11) is 1.73. The van der Waals surface area contributed by atoms with Gasteiger partial charge in [-0.2, -0.15) is 0 Å². The third kappa shape index (κ3) is 4.21. The van der Waals surface area contributed by atoms with Gasteiger partial charge in [0.2, 0.25) is 0 Å². The highest BCUT2D eigenvalue weighted by Gasteiger charge is 2.41. The molecule has 2 aromatic rings. The molecule has 0 saturated heterocycles. The van der Waals surface area contributed by atoms with E-state index in [0.717, 1.165) is 29.9 Å². The minimum atomic E-state index is -0.371. The zero-order chi connectivity index (χ0) is 22.7. The molecule has 0 bridgehead atoms. The van der Waals surface area contributed by atoms with Gasteiger partial charge in [-0.3, -0.25) is 9.59 Å². The van der Waals surface area contributed by atoms with E-state index in [-0.39, 0.29) is 25.0 Å². The van der Waals surface area contributed by atoms with Gasteiger partial charge in [0.1, 0.15) is 5.70 Å². The minimum absolute atomic E-state index is 0.111. The second-order valence-electron chi connectivity index (χ2n) is 7.80. The molecule has 164 valence electrons. The van der Waals surface area contributed by atoms with Crippen molar-refractivity contribution in [3.63, 3.8) is 0 Å². The molecular formula is C25H31N3O3. The van der Waals surface area contributed by atoms with Crippen molar-refractivity contribution in [1.82, 2.24) is 4.90 Å². The summed E-state index contributed by atoms with van der Waals surface area (Å²) in [4.78, 5) is 32.0. The largest absolute Gasteiger partial charge is 0.395 e. The molecule has 0 fully saturated rings. The Morgan fingerprint density at radius 1 is 0.903 bits per heavy atom. The molecule has 31 heavy (non-hydrogen) atoms. The van der Waals surface area contributed by atoms with Crippen molar-refractivity contribution in [3.8, 4) is 0 Å². The minimum Gasteiger partial charge on any atom is -0.395 e. The average Bonchev–Trinajstić information content (AvgIpc) is 3.02. The molecule has 6 heteroatoms. The van der Waals surface area contributed by atoms with Crippen LogP contribution in [0.15, 0.2) is 48.2 Å². The van der Waals surface area contributed by atoms with Crippen LogP contribution in [0.4, 0.5) is 11.4 Å². The van der Waals surface area contributed by atoms with Crippen LogP contribution in [-0.2, 0) is 9.59 Å². The summed E-state index contributed by atoms with van der Waals surface area (Å²) in [6, 6.07) is 13.3. The molecule has 0 aliphatic carbocycles. The van der Waals surface area contributed by atoms with Gasteiger partial charge in [0.05, 0.1) is 17.9 Å². The number of hydrogen-bond donors (Lipinski definition) is 1. The lowest BCUT2D eigenvalue weighted by Gasteiger charge is -2.23. The number of anilines is 2. The third-order valence-electron chi connectivity index (χ3n) is 5.91. The number of rotatable bonds is 8. The van der Waals surface area contributed by atoms with Crippen LogP contribution in [0.25, 0.3) is 5.57 Å². The van der Waals surface area contributed by atoms with Crippen LogP contribution in [0.2, 0.25) is 0 Å². The fourth-order valence-electron chi connectivity index (χ4n) is 3.93. The second-order valence-corrected chi connectivity index (χ2v) is 7.80. The second kappa shape index (κ2) is 9.35. The molecular weight excluding hydrogens is 390 g/mol. The maximum Gasteiger partial charge on any atom is 0.282 e. The predicted molar refractivity (Wildman–Crippen MR) is 125 cm³/mol. The van der Waals surface area contributed by atoms with Crippen molar-refractivity contribution in [2.45, 2.75) is 27.7 Å². The normalized spacial score (nSPS) is 13.9. The predicted octanol–water partition coefficient (Wildman–Crippen LogP) is 3.36. The molecule has 6 nitrogen and oxygen atoms in total. The number of aryl methyl sites for hydroxylation is 2. The first-order valence-electron chi connectivity index (χ1n) is 10.7. The molecule has 0 saturated carbocycles. The van der Waals surface area contributed by atoms with E-state index in [1.165, 1.54) is 4.90 Å². The quantitative estimate of drug-likeness (QED) is 0.662. The zero-order valence-corrected chi connectivity index (χ0v) is 19.0. The molecule has 2 aromatic carbocycles. The zero-order valence-electron chi connectivity index (χ0n) is 19.0. The van der Waals surface area contributed by atoms with Gasteiger partial charge >= 0.3 is 0 Å². The molecule has 1 aliphatic heterocycles. The highest BCUT2D eigenvalue weighted by Crippen LogP contribution is 2.35. The Hall–Kier alpha value is -3.12. The molecule has 0 unspecified atom stereocenters. The van der Waals surface area contributed by atoms with Gasteiger partial charge in [0.25, 0.3) is 11.8 Å². The van der Waals surface area contributed by atoms with Crippen LogP contribution >= 0.6 is 0 Å². The molecule has 1 heterocycles. The van der Waals surface area contributed by atoms with Crippen molar-refractivity contribution in [3.05, 3.63) is 64.9 Å². The number of imide groups is 1. The topological polar surface area (TPSA) is 64.1 Å². The Bertz CT molecular complexity index is 1010. The molecule has 2 amide bonds. The van der Waals surface area contributed by atoms with Crippen LogP contribution in [-0.4, -0.2) is 55.1 Å². The Morgan fingerprint density at radius 2 is 1.55 bits per heavy atom. The van der Waals surface area contributed by atoms with Gasteiger partial charge in [-0.1, -0.05) is 18.2 Å². The number of hydrogen-bond acceptors (Lipinski definition) is 5. The third-order valence-corrected chi connectivity index (χ3v) is 5.91. The lowest BCUT2D eigenvalue weighted by molar-refractivity contribution is -0.120. The van der Waals surface area contributed by atoms with E-state index >= 15 is 0 Å². The number of carbonyl (C=O) groups is 2. The summed E-state index contributed by atoms with van der Waals surface area (Å²) in [5, 5.41) is 9.42. The standard InChI is InChI=1S/C25H31N3O3/c1-6-27(7-2)20-10-12-21(13-11-20)28-24(30)22(19-9-8-17(3)18(4)16-19)23(25(28)31)26(5)14-15-29/h8-13,16,29H,6-7,14-15H2,1-5H3. The highest BCUT2D eigenvalue weighted by molar-refractivity contribution is 6.45. The monoisotopic (exact) mass is 421 g/mol. The number of aliphatic hydroxyl groups excluding tert-OH is 1. The first-order chi connectivity index (χ1) is 14.8. The summed E-state index contributed by atoms with van der Waals surface area (Å²) in [5.74, 6) is -0.714. The van der Waals surface area contributed by atoms with Crippen molar-refractivity contribution < 1.29 is 14.7 Å². The maximum atomic E-state index is 13.5. The number of benzene rings is 2. The first-order valence-corrected chi connectivity index (χ1v) is 10.7. The SMILES string of the molecule is CCN(CC)c1ccc(N2C(=O)C(c3ccc(C)c(C)c3)=C(N(C)CCO)C2=O)cc1. The Balaban J connectivity index is 2.05. The smallest absolute Gasteiger partial charge is 0.282 e. The number of amides is 2. The van der Waals surface area contributed by atoms with Gasteiger partial charge in [-0.15, -0.1) is 0 Å². The van der Waals surface area contributed by atoms with E-state index in [2.05, 4.69) is 18.7 Å². The fraction of sp³-hybridized carbons (Fsp3) is 0.360. The molecule has 0 radical (unpaired) electrons. The van der Waals surface area contributed by atoms with Crippen LogP contribution in [0.3, 0.4) is 0 Å². The van der Waals surface area contributed by atoms with Crippen LogP contribution in [0.1, 0.15) is 30.5 Å². The molecule has 0 atom stereocenters. The summed E-state index contributed by atoms with van der Waals surface area (Å²) < 4.78 is 0. The molecule has 3 rings (SSSR count). The van der Waals surface area contributed by atoms with Gasteiger partial charge in [0, 0.05) is 32.4 Å². The van der Waals surface area contributed by atoms with Gasteiger partial charge in [-0.05, 0) is 68.7 Å². The Labute approximate surface area is 184 Å². The van der Waals surface area contributed by atoms with Crippen LogP contribution < -0.4 is 9.80 Å². The van der Waals surface area contributed by atoms with E-state index in [9.17, 15) is 14.7 Å². The van der Waals surface area contributed by atoms with Crippen molar-refractivity contribution in [1.29, 1.82) is 0 Å². The summed E-state index contributed by atoms with van der Waals surface area (Å²) in [6.07, 6.45) is 0. The molecule has 0 spiro atoms.